The molecule has 3 rings (SSSR count). The Labute approximate surface area is 131 Å². The second-order valence-electron chi connectivity index (χ2n) is 4.64. The monoisotopic (exact) mass is 308 g/mol. The van der Waals surface area contributed by atoms with Crippen LogP contribution in [0.1, 0.15) is 16.1 Å². The van der Waals surface area contributed by atoms with Gasteiger partial charge in [-0.15, -0.1) is 5.10 Å². The molecule has 2 N–H and O–H groups in total. The summed E-state index contributed by atoms with van der Waals surface area (Å²) < 4.78 is 7.89. The Kier molecular flexibility index (Phi) is 3.52. The lowest BCUT2D eigenvalue weighted by Gasteiger charge is -2.09. The number of carbonyl (C=O) groups is 1. The molecule has 3 aromatic rings. The van der Waals surface area contributed by atoms with Crippen molar-refractivity contribution in [2.75, 3.05) is 12.8 Å². The lowest BCUT2D eigenvalue weighted by Crippen LogP contribution is -2.11. The van der Waals surface area contributed by atoms with E-state index in [0.717, 1.165) is 5.69 Å². The highest BCUT2D eigenvalue weighted by molar-refractivity contribution is 5.95. The largest absolute Gasteiger partial charge is 0.464 e. The first-order valence-electron chi connectivity index (χ1n) is 6.62. The van der Waals surface area contributed by atoms with Crippen LogP contribution in [0.2, 0.25) is 0 Å². The maximum atomic E-state index is 12.0. The first-order chi connectivity index (χ1) is 11.2. The fraction of sp³-hybridized carbons (Fsp3) is 0.0667. The number of aromatic nitrogens is 4. The molecule has 0 aliphatic rings. The van der Waals surface area contributed by atoms with Crippen LogP contribution in [0.4, 0.5) is 5.69 Å². The van der Waals surface area contributed by atoms with Gasteiger partial charge in [0.25, 0.3) is 0 Å². The lowest BCUT2D eigenvalue weighted by atomic mass is 10.2. The van der Waals surface area contributed by atoms with Crippen LogP contribution < -0.4 is 5.73 Å². The zero-order chi connectivity index (χ0) is 16.4. The number of esters is 1. The molecule has 0 saturated heterocycles. The number of hydrogen-bond acceptors (Lipinski definition) is 6. The highest BCUT2D eigenvalue weighted by atomic mass is 16.5. The Bertz CT molecular complexity index is 887. The fourth-order valence-electron chi connectivity index (χ4n) is 2.23. The summed E-state index contributed by atoms with van der Waals surface area (Å²) in [5.41, 5.74) is 7.78. The minimum absolute atomic E-state index is 0.0969. The molecule has 0 atom stereocenters. The number of methoxy groups -OCH3 is 1. The summed E-state index contributed by atoms with van der Waals surface area (Å²) in [5, 5.41) is 16.8. The molecule has 2 heterocycles. The van der Waals surface area contributed by atoms with E-state index in [9.17, 15) is 4.79 Å². The molecule has 0 saturated carbocycles. The molecule has 1 aromatic carbocycles. The van der Waals surface area contributed by atoms with E-state index < -0.39 is 5.97 Å². The number of nitrogens with zero attached hydrogens (tertiary/aromatic N) is 5. The van der Waals surface area contributed by atoms with E-state index in [1.54, 1.807) is 29.2 Å². The second-order valence-corrected chi connectivity index (χ2v) is 4.64. The molecule has 23 heavy (non-hydrogen) atoms. The molecule has 0 aliphatic carbocycles. The summed E-state index contributed by atoms with van der Waals surface area (Å²) in [6.07, 6.45) is 4.80. The standard InChI is InChI=1S/C15H12N6O2/c1-23-15(22)14-13(17)10(8-16)9-20(14)11-2-4-12(5-3-11)21-7-6-18-19-21/h2-7,9H,17H2,1H3. The average molecular weight is 308 g/mol. The maximum Gasteiger partial charge on any atom is 0.357 e. The third kappa shape index (κ3) is 2.40. The van der Waals surface area contributed by atoms with E-state index in [0.29, 0.717) is 5.69 Å². The van der Waals surface area contributed by atoms with Gasteiger partial charge in [0.15, 0.2) is 5.69 Å². The molecular formula is C15H12N6O2. The average Bonchev–Trinajstić information content (AvgIpc) is 3.22. The number of anilines is 1. The number of rotatable bonds is 3. The van der Waals surface area contributed by atoms with Crippen LogP contribution in [-0.2, 0) is 4.74 Å². The van der Waals surface area contributed by atoms with E-state index >= 15 is 0 Å². The van der Waals surface area contributed by atoms with E-state index in [1.807, 2.05) is 18.2 Å². The normalized spacial score (nSPS) is 10.3. The first kappa shape index (κ1) is 14.3. The van der Waals surface area contributed by atoms with Gasteiger partial charge in [0.2, 0.25) is 0 Å². The summed E-state index contributed by atoms with van der Waals surface area (Å²) in [6, 6.07) is 9.15. The minimum atomic E-state index is -0.607. The van der Waals surface area contributed by atoms with E-state index in [-0.39, 0.29) is 16.9 Å². The summed E-state index contributed by atoms with van der Waals surface area (Å²) in [5.74, 6) is -0.607. The quantitative estimate of drug-likeness (QED) is 0.730. The van der Waals surface area contributed by atoms with Crippen molar-refractivity contribution >= 4 is 11.7 Å². The predicted octanol–water partition coefficient (Wildman–Crippen LogP) is 1.30. The third-order valence-electron chi connectivity index (χ3n) is 3.36. The number of nitrogen functional groups attached to an aromatic ring is 1. The zero-order valence-electron chi connectivity index (χ0n) is 12.2. The van der Waals surface area contributed by atoms with Crippen molar-refractivity contribution in [3.8, 4) is 17.4 Å². The number of nitrogens with two attached hydrogens (primary N) is 1. The van der Waals surface area contributed by atoms with Gasteiger partial charge in [0.05, 0.1) is 36.4 Å². The second kappa shape index (κ2) is 5.65. The van der Waals surface area contributed by atoms with Crippen LogP contribution in [0.3, 0.4) is 0 Å². The first-order valence-corrected chi connectivity index (χ1v) is 6.62. The fourth-order valence-corrected chi connectivity index (χ4v) is 2.23. The van der Waals surface area contributed by atoms with Crippen LogP contribution in [0, 0.1) is 11.3 Å². The van der Waals surface area contributed by atoms with Crippen LogP contribution in [0.15, 0.2) is 42.9 Å². The number of benzene rings is 1. The van der Waals surface area contributed by atoms with Crippen molar-refractivity contribution in [2.45, 2.75) is 0 Å². The number of nitriles is 1. The Morgan fingerprint density at radius 1 is 1.30 bits per heavy atom. The Morgan fingerprint density at radius 2 is 2.00 bits per heavy atom. The Balaban J connectivity index is 2.08. The zero-order valence-corrected chi connectivity index (χ0v) is 12.2. The summed E-state index contributed by atoms with van der Waals surface area (Å²) in [4.78, 5) is 12.0. The molecule has 8 heteroatoms. The molecule has 0 fully saturated rings. The molecule has 8 nitrogen and oxygen atoms in total. The number of hydrogen-bond donors (Lipinski definition) is 1. The SMILES string of the molecule is COC(=O)c1c(N)c(C#N)cn1-c1ccc(-n2ccnn2)cc1. The number of carbonyl (C=O) groups excluding carboxylic acids is 1. The van der Waals surface area contributed by atoms with E-state index in [4.69, 9.17) is 15.7 Å². The van der Waals surface area contributed by atoms with Crippen molar-refractivity contribution in [3.05, 3.63) is 54.1 Å². The molecular weight excluding hydrogens is 296 g/mol. The summed E-state index contributed by atoms with van der Waals surface area (Å²) >= 11 is 0. The van der Waals surface area contributed by atoms with Gasteiger partial charge >= 0.3 is 5.97 Å². The molecule has 0 radical (unpaired) electrons. The van der Waals surface area contributed by atoms with Gasteiger partial charge in [-0.2, -0.15) is 5.26 Å². The molecule has 2 aromatic heterocycles. The number of ether oxygens (including phenoxy) is 1. The Morgan fingerprint density at radius 3 is 2.57 bits per heavy atom. The van der Waals surface area contributed by atoms with Crippen LogP contribution in [-0.4, -0.2) is 32.6 Å². The topological polar surface area (TPSA) is 112 Å². The van der Waals surface area contributed by atoms with Crippen molar-refractivity contribution in [3.63, 3.8) is 0 Å². The van der Waals surface area contributed by atoms with Crippen molar-refractivity contribution < 1.29 is 9.53 Å². The van der Waals surface area contributed by atoms with Gasteiger partial charge in [-0.25, -0.2) is 9.48 Å². The molecule has 0 spiro atoms. The molecule has 0 bridgehead atoms. The van der Waals surface area contributed by atoms with Crippen LogP contribution in [0.5, 0.6) is 0 Å². The summed E-state index contributed by atoms with van der Waals surface area (Å²) in [7, 11) is 1.26. The van der Waals surface area contributed by atoms with Crippen LogP contribution >= 0.6 is 0 Å². The smallest absolute Gasteiger partial charge is 0.357 e. The molecule has 0 aliphatic heterocycles. The highest BCUT2D eigenvalue weighted by Gasteiger charge is 2.21. The Hall–Kier alpha value is -3.60. The van der Waals surface area contributed by atoms with Gasteiger partial charge in [0.1, 0.15) is 6.07 Å². The third-order valence-corrected chi connectivity index (χ3v) is 3.36. The molecule has 0 amide bonds. The van der Waals surface area contributed by atoms with E-state index in [1.165, 1.54) is 17.9 Å². The lowest BCUT2D eigenvalue weighted by molar-refractivity contribution is 0.0593. The van der Waals surface area contributed by atoms with Crippen molar-refractivity contribution in [2.24, 2.45) is 0 Å². The van der Waals surface area contributed by atoms with Gasteiger partial charge in [-0.1, -0.05) is 5.21 Å². The van der Waals surface area contributed by atoms with Crippen molar-refractivity contribution in [1.82, 2.24) is 19.6 Å². The predicted molar refractivity (Wildman–Crippen MR) is 81.2 cm³/mol. The van der Waals surface area contributed by atoms with Gasteiger partial charge < -0.3 is 15.0 Å². The van der Waals surface area contributed by atoms with Gasteiger partial charge in [-0.3, -0.25) is 0 Å². The molecule has 114 valence electrons. The van der Waals surface area contributed by atoms with E-state index in [2.05, 4.69) is 10.3 Å². The minimum Gasteiger partial charge on any atom is -0.464 e. The van der Waals surface area contributed by atoms with Crippen LogP contribution in [0.25, 0.3) is 11.4 Å². The molecule has 0 unspecified atom stereocenters. The maximum absolute atomic E-state index is 12.0. The van der Waals surface area contributed by atoms with Gasteiger partial charge in [-0.05, 0) is 24.3 Å². The van der Waals surface area contributed by atoms with Gasteiger partial charge in [0, 0.05) is 11.9 Å². The summed E-state index contributed by atoms with van der Waals surface area (Å²) in [6.45, 7) is 0. The van der Waals surface area contributed by atoms with Crippen molar-refractivity contribution in [1.29, 1.82) is 5.26 Å². The highest BCUT2D eigenvalue weighted by Crippen LogP contribution is 2.25.